The average Bonchev–Trinajstić information content (AvgIpc) is 2.89. The van der Waals surface area contributed by atoms with Gasteiger partial charge >= 0.3 is 11.6 Å². The quantitative estimate of drug-likeness (QED) is 0.481. The summed E-state index contributed by atoms with van der Waals surface area (Å²) >= 11 is 0. The molecule has 2 heterocycles. The first-order valence-electron chi connectivity index (χ1n) is 6.44. The molecule has 9 nitrogen and oxygen atoms in total. The van der Waals surface area contributed by atoms with Crippen LogP contribution in [0.2, 0.25) is 0 Å². The van der Waals surface area contributed by atoms with E-state index in [1.165, 1.54) is 4.68 Å². The molecule has 0 aliphatic heterocycles. The molecule has 114 valence electrons. The normalized spacial score (nSPS) is 10.9. The van der Waals surface area contributed by atoms with Crippen molar-refractivity contribution < 1.29 is 14.8 Å². The van der Waals surface area contributed by atoms with Gasteiger partial charge in [0.05, 0.1) is 17.2 Å². The summed E-state index contributed by atoms with van der Waals surface area (Å²) in [6.45, 7) is 3.55. The SMILES string of the molecule is Cc1cc(-n2nc(OCCCO)c([N+](=O)[O-])c2C)n(C)n1. The van der Waals surface area contributed by atoms with Gasteiger partial charge in [0, 0.05) is 26.1 Å². The van der Waals surface area contributed by atoms with Crippen LogP contribution in [0.3, 0.4) is 0 Å². The molecule has 0 fully saturated rings. The van der Waals surface area contributed by atoms with Gasteiger partial charge in [0.15, 0.2) is 5.82 Å². The Bertz CT molecular complexity index is 661. The standard InChI is InChI=1S/C12H17N5O4/c1-8-7-10(15(3)13-8)16-9(2)11(17(19)20)12(14-16)21-6-4-5-18/h7,18H,4-6H2,1-3H3. The van der Waals surface area contributed by atoms with E-state index in [2.05, 4.69) is 10.2 Å². The smallest absolute Gasteiger partial charge is 0.353 e. The first kappa shape index (κ1) is 15.0. The van der Waals surface area contributed by atoms with Crippen LogP contribution in [0.4, 0.5) is 5.69 Å². The van der Waals surface area contributed by atoms with Crippen molar-refractivity contribution in [2.75, 3.05) is 13.2 Å². The van der Waals surface area contributed by atoms with Gasteiger partial charge in [0.1, 0.15) is 5.69 Å². The molecule has 0 saturated carbocycles. The van der Waals surface area contributed by atoms with E-state index in [4.69, 9.17) is 9.84 Å². The number of ether oxygens (including phenoxy) is 1. The average molecular weight is 295 g/mol. The Hall–Kier alpha value is -2.42. The fourth-order valence-electron chi connectivity index (χ4n) is 2.03. The maximum Gasteiger partial charge on any atom is 0.353 e. The lowest BCUT2D eigenvalue weighted by Gasteiger charge is -2.02. The Balaban J connectivity index is 2.45. The topological polar surface area (TPSA) is 108 Å². The molecule has 0 bridgehead atoms. The predicted octanol–water partition coefficient (Wildman–Crippen LogP) is 0.892. The van der Waals surface area contributed by atoms with Crippen LogP contribution < -0.4 is 4.74 Å². The van der Waals surface area contributed by atoms with Gasteiger partial charge in [0.2, 0.25) is 0 Å². The lowest BCUT2D eigenvalue weighted by Crippen LogP contribution is -2.06. The molecule has 0 saturated heterocycles. The van der Waals surface area contributed by atoms with Crippen LogP contribution in [0.25, 0.3) is 5.82 Å². The van der Waals surface area contributed by atoms with E-state index in [9.17, 15) is 10.1 Å². The number of aliphatic hydroxyl groups excluding tert-OH is 1. The highest BCUT2D eigenvalue weighted by molar-refractivity contribution is 5.48. The second-order valence-corrected chi connectivity index (χ2v) is 4.60. The van der Waals surface area contributed by atoms with E-state index in [-0.39, 0.29) is 24.8 Å². The van der Waals surface area contributed by atoms with Crippen LogP contribution in [-0.2, 0) is 7.05 Å². The molecule has 0 amide bonds. The van der Waals surface area contributed by atoms with Crippen LogP contribution in [0.15, 0.2) is 6.07 Å². The second-order valence-electron chi connectivity index (χ2n) is 4.60. The number of nitro groups is 1. The Morgan fingerprint density at radius 3 is 2.67 bits per heavy atom. The van der Waals surface area contributed by atoms with E-state index < -0.39 is 4.92 Å². The molecule has 0 aromatic carbocycles. The molecule has 0 unspecified atom stereocenters. The zero-order valence-corrected chi connectivity index (χ0v) is 12.1. The molecular formula is C12H17N5O4. The fraction of sp³-hybridized carbons (Fsp3) is 0.500. The highest BCUT2D eigenvalue weighted by Crippen LogP contribution is 2.31. The fourth-order valence-corrected chi connectivity index (χ4v) is 2.03. The van der Waals surface area contributed by atoms with E-state index >= 15 is 0 Å². The minimum atomic E-state index is -0.518. The summed E-state index contributed by atoms with van der Waals surface area (Å²) in [5, 5.41) is 28.3. The lowest BCUT2D eigenvalue weighted by molar-refractivity contribution is -0.386. The molecule has 0 atom stereocenters. The van der Waals surface area contributed by atoms with Crippen molar-refractivity contribution in [1.82, 2.24) is 19.6 Å². The van der Waals surface area contributed by atoms with Gasteiger partial charge < -0.3 is 9.84 Å². The molecule has 2 aromatic heterocycles. The van der Waals surface area contributed by atoms with Crippen molar-refractivity contribution in [3.05, 3.63) is 27.6 Å². The number of aliphatic hydroxyl groups is 1. The third kappa shape index (κ3) is 2.87. The van der Waals surface area contributed by atoms with Crippen molar-refractivity contribution >= 4 is 5.69 Å². The van der Waals surface area contributed by atoms with Crippen molar-refractivity contribution in [2.24, 2.45) is 7.05 Å². The monoisotopic (exact) mass is 295 g/mol. The van der Waals surface area contributed by atoms with Crippen LogP contribution in [0.5, 0.6) is 5.88 Å². The van der Waals surface area contributed by atoms with Gasteiger partial charge in [-0.15, -0.1) is 5.10 Å². The van der Waals surface area contributed by atoms with Gasteiger partial charge in [-0.2, -0.15) is 5.10 Å². The molecule has 0 radical (unpaired) electrons. The first-order chi connectivity index (χ1) is 9.95. The number of aromatic nitrogens is 4. The highest BCUT2D eigenvalue weighted by Gasteiger charge is 2.28. The first-order valence-corrected chi connectivity index (χ1v) is 6.44. The van der Waals surface area contributed by atoms with Gasteiger partial charge in [0.25, 0.3) is 0 Å². The summed E-state index contributed by atoms with van der Waals surface area (Å²) in [4.78, 5) is 10.7. The summed E-state index contributed by atoms with van der Waals surface area (Å²) in [7, 11) is 1.74. The molecule has 1 N–H and O–H groups in total. The maximum atomic E-state index is 11.2. The third-order valence-corrected chi connectivity index (χ3v) is 2.97. The summed E-state index contributed by atoms with van der Waals surface area (Å²) < 4.78 is 8.34. The summed E-state index contributed by atoms with van der Waals surface area (Å²) in [6.07, 6.45) is 0.383. The Kier molecular flexibility index (Phi) is 4.22. The minimum absolute atomic E-state index is 0.0472. The number of aryl methyl sites for hydroxylation is 2. The number of hydrogen-bond donors (Lipinski definition) is 1. The van der Waals surface area contributed by atoms with Crippen LogP contribution >= 0.6 is 0 Å². The predicted molar refractivity (Wildman–Crippen MR) is 73.7 cm³/mol. The zero-order valence-electron chi connectivity index (χ0n) is 12.1. The summed E-state index contributed by atoms with van der Waals surface area (Å²) in [5.41, 5.74) is 0.974. The molecule has 0 aliphatic carbocycles. The van der Waals surface area contributed by atoms with E-state index in [1.807, 2.05) is 6.92 Å². The van der Waals surface area contributed by atoms with Crippen molar-refractivity contribution in [1.29, 1.82) is 0 Å². The number of hydrogen-bond acceptors (Lipinski definition) is 6. The van der Waals surface area contributed by atoms with Crippen LogP contribution in [0.1, 0.15) is 17.8 Å². The van der Waals surface area contributed by atoms with Crippen LogP contribution in [-0.4, -0.2) is 42.8 Å². The molecule has 2 aromatic rings. The minimum Gasteiger partial charge on any atom is -0.472 e. The molecular weight excluding hydrogens is 278 g/mol. The van der Waals surface area contributed by atoms with Gasteiger partial charge in [-0.3, -0.25) is 14.8 Å². The summed E-state index contributed by atoms with van der Waals surface area (Å²) in [6, 6.07) is 1.78. The molecule has 2 rings (SSSR count). The number of nitrogens with zero attached hydrogens (tertiary/aromatic N) is 5. The van der Waals surface area contributed by atoms with Crippen molar-refractivity contribution in [2.45, 2.75) is 20.3 Å². The van der Waals surface area contributed by atoms with E-state index in [1.54, 1.807) is 24.7 Å². The molecule has 0 aliphatic rings. The van der Waals surface area contributed by atoms with Crippen LogP contribution in [0, 0.1) is 24.0 Å². The Labute approximate surface area is 120 Å². The maximum absolute atomic E-state index is 11.2. The molecule has 9 heteroatoms. The summed E-state index contributed by atoms with van der Waals surface area (Å²) in [5.74, 6) is 0.565. The van der Waals surface area contributed by atoms with Crippen molar-refractivity contribution in [3.63, 3.8) is 0 Å². The molecule has 0 spiro atoms. The van der Waals surface area contributed by atoms with Gasteiger partial charge in [-0.25, -0.2) is 4.68 Å². The Morgan fingerprint density at radius 2 is 2.14 bits per heavy atom. The van der Waals surface area contributed by atoms with Gasteiger partial charge in [-0.05, 0) is 13.8 Å². The second kappa shape index (κ2) is 5.92. The van der Waals surface area contributed by atoms with E-state index in [0.717, 1.165) is 5.69 Å². The lowest BCUT2D eigenvalue weighted by atomic mass is 10.4. The zero-order chi connectivity index (χ0) is 15.6. The highest BCUT2D eigenvalue weighted by atomic mass is 16.6. The van der Waals surface area contributed by atoms with Gasteiger partial charge in [-0.1, -0.05) is 0 Å². The van der Waals surface area contributed by atoms with E-state index in [0.29, 0.717) is 17.9 Å². The largest absolute Gasteiger partial charge is 0.472 e. The Morgan fingerprint density at radius 1 is 1.43 bits per heavy atom. The molecule has 21 heavy (non-hydrogen) atoms. The number of rotatable bonds is 6. The third-order valence-electron chi connectivity index (χ3n) is 2.97. The van der Waals surface area contributed by atoms with Crippen molar-refractivity contribution in [3.8, 4) is 11.7 Å².